The standard InChI is InChI=1S/C20H24N2O4/c1-13-7-6-8-14(2)19(13)26-12-18(23)21-16-11-15(20(24)22(3)4)9-10-17(16)25-5/h6-11H,12H2,1-5H3,(H,21,23). The van der Waals surface area contributed by atoms with E-state index in [0.717, 1.165) is 11.1 Å². The van der Waals surface area contributed by atoms with Gasteiger partial charge in [-0.05, 0) is 43.2 Å². The Morgan fingerprint density at radius 3 is 2.31 bits per heavy atom. The summed E-state index contributed by atoms with van der Waals surface area (Å²) >= 11 is 0. The lowest BCUT2D eigenvalue weighted by molar-refractivity contribution is -0.118. The summed E-state index contributed by atoms with van der Waals surface area (Å²) in [4.78, 5) is 25.9. The lowest BCUT2D eigenvalue weighted by Crippen LogP contribution is -2.23. The molecular weight excluding hydrogens is 332 g/mol. The number of para-hydroxylation sites is 1. The van der Waals surface area contributed by atoms with Crippen molar-refractivity contribution >= 4 is 17.5 Å². The number of hydrogen-bond donors (Lipinski definition) is 1. The fraction of sp³-hybridized carbons (Fsp3) is 0.300. The van der Waals surface area contributed by atoms with Crippen LogP contribution in [0.4, 0.5) is 5.69 Å². The molecular formula is C20H24N2O4. The molecule has 0 aliphatic carbocycles. The lowest BCUT2D eigenvalue weighted by atomic mass is 10.1. The van der Waals surface area contributed by atoms with Crippen LogP contribution >= 0.6 is 0 Å². The average molecular weight is 356 g/mol. The Kier molecular flexibility index (Phi) is 6.22. The molecule has 0 aromatic heterocycles. The summed E-state index contributed by atoms with van der Waals surface area (Å²) in [5.74, 6) is 0.683. The first-order valence-corrected chi connectivity index (χ1v) is 8.22. The van der Waals surface area contributed by atoms with Crippen LogP contribution in [0.25, 0.3) is 0 Å². The van der Waals surface area contributed by atoms with Crippen molar-refractivity contribution in [2.24, 2.45) is 0 Å². The van der Waals surface area contributed by atoms with Crippen LogP contribution < -0.4 is 14.8 Å². The summed E-state index contributed by atoms with van der Waals surface area (Å²) in [5.41, 5.74) is 2.82. The highest BCUT2D eigenvalue weighted by Crippen LogP contribution is 2.26. The fourth-order valence-corrected chi connectivity index (χ4v) is 2.55. The van der Waals surface area contributed by atoms with E-state index in [-0.39, 0.29) is 18.4 Å². The molecule has 0 saturated carbocycles. The maximum atomic E-state index is 12.3. The van der Waals surface area contributed by atoms with Crippen LogP contribution in [0.15, 0.2) is 36.4 Å². The van der Waals surface area contributed by atoms with Gasteiger partial charge in [0.1, 0.15) is 11.5 Å². The molecule has 0 bridgehead atoms. The van der Waals surface area contributed by atoms with Crippen LogP contribution in [0.2, 0.25) is 0 Å². The van der Waals surface area contributed by atoms with Crippen LogP contribution in [0.3, 0.4) is 0 Å². The molecule has 0 saturated heterocycles. The van der Waals surface area contributed by atoms with Crippen molar-refractivity contribution in [2.45, 2.75) is 13.8 Å². The summed E-state index contributed by atoms with van der Waals surface area (Å²) in [5, 5.41) is 2.75. The third-order valence-electron chi connectivity index (χ3n) is 3.88. The van der Waals surface area contributed by atoms with Gasteiger partial charge in [0, 0.05) is 19.7 Å². The minimum Gasteiger partial charge on any atom is -0.495 e. The van der Waals surface area contributed by atoms with E-state index in [4.69, 9.17) is 9.47 Å². The number of benzene rings is 2. The lowest BCUT2D eigenvalue weighted by Gasteiger charge is -2.15. The Labute approximate surface area is 153 Å². The number of aryl methyl sites for hydroxylation is 2. The zero-order valence-corrected chi connectivity index (χ0v) is 15.8. The molecule has 2 amide bonds. The third kappa shape index (κ3) is 4.53. The monoisotopic (exact) mass is 356 g/mol. The first kappa shape index (κ1) is 19.3. The molecule has 0 aliphatic heterocycles. The van der Waals surface area contributed by atoms with E-state index >= 15 is 0 Å². The number of rotatable bonds is 6. The summed E-state index contributed by atoms with van der Waals surface area (Å²) in [6, 6.07) is 10.7. The van der Waals surface area contributed by atoms with Gasteiger partial charge in [0.2, 0.25) is 0 Å². The molecule has 6 nitrogen and oxygen atoms in total. The quantitative estimate of drug-likeness (QED) is 0.864. The van der Waals surface area contributed by atoms with Crippen molar-refractivity contribution in [2.75, 3.05) is 33.1 Å². The van der Waals surface area contributed by atoms with Gasteiger partial charge in [-0.3, -0.25) is 9.59 Å². The van der Waals surface area contributed by atoms with Gasteiger partial charge in [-0.1, -0.05) is 18.2 Å². The second-order valence-electron chi connectivity index (χ2n) is 6.17. The van der Waals surface area contributed by atoms with Gasteiger partial charge in [-0.2, -0.15) is 0 Å². The van der Waals surface area contributed by atoms with Crippen LogP contribution in [-0.4, -0.2) is 44.5 Å². The van der Waals surface area contributed by atoms with Gasteiger partial charge in [-0.25, -0.2) is 0 Å². The largest absolute Gasteiger partial charge is 0.495 e. The van der Waals surface area contributed by atoms with Crippen molar-refractivity contribution in [3.63, 3.8) is 0 Å². The van der Waals surface area contributed by atoms with E-state index < -0.39 is 0 Å². The van der Waals surface area contributed by atoms with Gasteiger partial charge in [-0.15, -0.1) is 0 Å². The normalized spacial score (nSPS) is 10.2. The smallest absolute Gasteiger partial charge is 0.262 e. The maximum absolute atomic E-state index is 12.3. The number of methoxy groups -OCH3 is 1. The summed E-state index contributed by atoms with van der Waals surface area (Å²) in [6.45, 7) is 3.72. The first-order chi connectivity index (χ1) is 12.3. The highest BCUT2D eigenvalue weighted by Gasteiger charge is 2.14. The molecule has 1 N–H and O–H groups in total. The summed E-state index contributed by atoms with van der Waals surface area (Å²) < 4.78 is 10.9. The predicted molar refractivity (Wildman–Crippen MR) is 101 cm³/mol. The van der Waals surface area contributed by atoms with Crippen LogP contribution in [0.1, 0.15) is 21.5 Å². The molecule has 0 aliphatic rings. The average Bonchev–Trinajstić information content (AvgIpc) is 2.60. The molecule has 2 aromatic carbocycles. The van der Waals surface area contributed by atoms with Gasteiger partial charge in [0.05, 0.1) is 12.8 Å². The number of ether oxygens (including phenoxy) is 2. The van der Waals surface area contributed by atoms with E-state index in [2.05, 4.69) is 5.32 Å². The first-order valence-electron chi connectivity index (χ1n) is 8.22. The van der Waals surface area contributed by atoms with Crippen molar-refractivity contribution in [3.8, 4) is 11.5 Å². The molecule has 0 radical (unpaired) electrons. The molecule has 26 heavy (non-hydrogen) atoms. The van der Waals surface area contributed by atoms with E-state index in [1.807, 2.05) is 32.0 Å². The number of amides is 2. The molecule has 0 atom stereocenters. The van der Waals surface area contributed by atoms with Crippen molar-refractivity contribution in [1.29, 1.82) is 0 Å². The number of carbonyl (C=O) groups is 2. The van der Waals surface area contributed by atoms with E-state index in [1.165, 1.54) is 12.0 Å². The zero-order valence-electron chi connectivity index (χ0n) is 15.8. The van der Waals surface area contributed by atoms with Gasteiger partial charge < -0.3 is 19.7 Å². The van der Waals surface area contributed by atoms with Crippen molar-refractivity contribution < 1.29 is 19.1 Å². The Hall–Kier alpha value is -3.02. The van der Waals surface area contributed by atoms with E-state index in [0.29, 0.717) is 22.7 Å². The van der Waals surface area contributed by atoms with Crippen LogP contribution in [0.5, 0.6) is 11.5 Å². The number of anilines is 1. The van der Waals surface area contributed by atoms with Gasteiger partial charge >= 0.3 is 0 Å². The molecule has 0 fully saturated rings. The zero-order chi connectivity index (χ0) is 19.3. The molecule has 6 heteroatoms. The van der Waals surface area contributed by atoms with Crippen molar-refractivity contribution in [3.05, 3.63) is 53.1 Å². The highest BCUT2D eigenvalue weighted by atomic mass is 16.5. The molecule has 0 spiro atoms. The van der Waals surface area contributed by atoms with Crippen LogP contribution in [-0.2, 0) is 4.79 Å². The second-order valence-corrected chi connectivity index (χ2v) is 6.17. The molecule has 2 aromatic rings. The Balaban J connectivity index is 2.12. The Morgan fingerprint density at radius 1 is 1.08 bits per heavy atom. The van der Waals surface area contributed by atoms with E-state index in [9.17, 15) is 9.59 Å². The number of nitrogens with zero attached hydrogens (tertiary/aromatic N) is 1. The topological polar surface area (TPSA) is 67.9 Å². The highest BCUT2D eigenvalue weighted by molar-refractivity contribution is 5.98. The van der Waals surface area contributed by atoms with Gasteiger partial charge in [0.25, 0.3) is 11.8 Å². The minimum atomic E-state index is -0.333. The Morgan fingerprint density at radius 2 is 1.73 bits per heavy atom. The minimum absolute atomic E-state index is 0.138. The predicted octanol–water partition coefficient (Wildman–Crippen LogP) is 3.03. The molecule has 0 unspecified atom stereocenters. The third-order valence-corrected chi connectivity index (χ3v) is 3.88. The van der Waals surface area contributed by atoms with Crippen LogP contribution in [0, 0.1) is 13.8 Å². The molecule has 2 rings (SSSR count). The number of hydrogen-bond acceptors (Lipinski definition) is 4. The summed E-state index contributed by atoms with van der Waals surface area (Å²) in [6.07, 6.45) is 0. The molecule has 138 valence electrons. The molecule has 0 heterocycles. The second kappa shape index (κ2) is 8.38. The summed E-state index contributed by atoms with van der Waals surface area (Å²) in [7, 11) is 4.85. The fourth-order valence-electron chi connectivity index (χ4n) is 2.55. The SMILES string of the molecule is COc1ccc(C(=O)N(C)C)cc1NC(=O)COc1c(C)cccc1C. The number of nitrogens with one attached hydrogen (secondary N) is 1. The number of carbonyl (C=O) groups excluding carboxylic acids is 2. The van der Waals surface area contributed by atoms with Gasteiger partial charge in [0.15, 0.2) is 6.61 Å². The van der Waals surface area contributed by atoms with Crippen molar-refractivity contribution in [1.82, 2.24) is 4.90 Å². The maximum Gasteiger partial charge on any atom is 0.262 e. The Bertz CT molecular complexity index is 795. The van der Waals surface area contributed by atoms with E-state index in [1.54, 1.807) is 32.3 Å².